The summed E-state index contributed by atoms with van der Waals surface area (Å²) in [5, 5.41) is 3.20. The molecule has 0 bridgehead atoms. The lowest BCUT2D eigenvalue weighted by molar-refractivity contribution is -0.149. The fourth-order valence-electron chi connectivity index (χ4n) is 3.09. The second-order valence-electron chi connectivity index (χ2n) is 6.22. The number of carbonyl (C=O) groups is 1. The van der Waals surface area contributed by atoms with Gasteiger partial charge in [0.05, 0.1) is 12.5 Å². The van der Waals surface area contributed by atoms with Gasteiger partial charge >= 0.3 is 5.97 Å². The number of piperidine rings is 1. The molecule has 1 aliphatic heterocycles. The smallest absolute Gasteiger partial charge is 0.310 e. The van der Waals surface area contributed by atoms with Gasteiger partial charge in [0, 0.05) is 31.7 Å². The van der Waals surface area contributed by atoms with Gasteiger partial charge in [0.25, 0.3) is 0 Å². The molecule has 0 radical (unpaired) electrons. The predicted molar refractivity (Wildman–Crippen MR) is 97.0 cm³/mol. The first-order chi connectivity index (χ1) is 12.6. The predicted octanol–water partition coefficient (Wildman–Crippen LogP) is 2.75. The molecular formula is C19H27F2N3O2. The van der Waals surface area contributed by atoms with E-state index in [1.165, 1.54) is 18.2 Å². The summed E-state index contributed by atoms with van der Waals surface area (Å²) in [6, 6.07) is 3.86. The van der Waals surface area contributed by atoms with Gasteiger partial charge in [-0.3, -0.25) is 9.79 Å². The largest absolute Gasteiger partial charge is 0.466 e. The molecule has 1 aliphatic rings. The lowest BCUT2D eigenvalue weighted by atomic mass is 9.98. The van der Waals surface area contributed by atoms with Crippen molar-refractivity contribution in [2.75, 3.05) is 32.8 Å². The van der Waals surface area contributed by atoms with Crippen molar-refractivity contribution in [2.24, 2.45) is 10.9 Å². The maximum atomic E-state index is 13.7. The lowest BCUT2D eigenvalue weighted by Crippen LogP contribution is -2.48. The molecule has 1 unspecified atom stereocenters. The minimum atomic E-state index is -0.550. The first-order valence-electron chi connectivity index (χ1n) is 9.19. The van der Waals surface area contributed by atoms with Crippen LogP contribution in [0.25, 0.3) is 0 Å². The highest BCUT2D eigenvalue weighted by molar-refractivity contribution is 5.81. The Labute approximate surface area is 153 Å². The molecule has 26 heavy (non-hydrogen) atoms. The van der Waals surface area contributed by atoms with Crippen LogP contribution in [0, 0.1) is 17.6 Å². The van der Waals surface area contributed by atoms with Crippen LogP contribution >= 0.6 is 0 Å². The van der Waals surface area contributed by atoms with Gasteiger partial charge < -0.3 is 15.0 Å². The Hall–Kier alpha value is -2.18. The van der Waals surface area contributed by atoms with Gasteiger partial charge in [-0.15, -0.1) is 0 Å². The minimum Gasteiger partial charge on any atom is -0.466 e. The molecule has 0 spiro atoms. The molecule has 1 heterocycles. The van der Waals surface area contributed by atoms with E-state index < -0.39 is 11.6 Å². The number of rotatable bonds is 6. The third-order valence-corrected chi connectivity index (χ3v) is 4.36. The molecule has 1 aromatic carbocycles. The van der Waals surface area contributed by atoms with Crippen molar-refractivity contribution < 1.29 is 18.3 Å². The van der Waals surface area contributed by atoms with Crippen LogP contribution in [0.15, 0.2) is 23.2 Å². The monoisotopic (exact) mass is 367 g/mol. The molecule has 1 saturated heterocycles. The Bertz CT molecular complexity index is 617. The number of guanidine groups is 1. The quantitative estimate of drug-likeness (QED) is 0.477. The lowest BCUT2D eigenvalue weighted by Gasteiger charge is -2.34. The van der Waals surface area contributed by atoms with E-state index in [-0.39, 0.29) is 30.4 Å². The number of hydrogen-bond acceptors (Lipinski definition) is 3. The highest BCUT2D eigenvalue weighted by Gasteiger charge is 2.28. The number of hydrogen-bond donors (Lipinski definition) is 1. The Morgan fingerprint density at radius 2 is 2.08 bits per heavy atom. The molecule has 5 nitrogen and oxygen atoms in total. The topological polar surface area (TPSA) is 53.9 Å². The fraction of sp³-hybridized carbons (Fsp3) is 0.579. The van der Waals surface area contributed by atoms with E-state index >= 15 is 0 Å². The molecule has 0 amide bonds. The number of nitrogens with one attached hydrogen (secondary N) is 1. The van der Waals surface area contributed by atoms with E-state index in [4.69, 9.17) is 4.74 Å². The molecule has 1 atom stereocenters. The summed E-state index contributed by atoms with van der Waals surface area (Å²) in [5.41, 5.74) is 0.0511. The number of benzene rings is 1. The zero-order valence-electron chi connectivity index (χ0n) is 15.4. The summed E-state index contributed by atoms with van der Waals surface area (Å²) in [7, 11) is 0. The summed E-state index contributed by atoms with van der Waals surface area (Å²) in [5.74, 6) is -0.785. The average Bonchev–Trinajstić information content (AvgIpc) is 2.63. The van der Waals surface area contributed by atoms with Crippen LogP contribution in [0.1, 0.15) is 32.3 Å². The molecule has 0 aromatic heterocycles. The summed E-state index contributed by atoms with van der Waals surface area (Å²) in [6.07, 6.45) is 1.85. The van der Waals surface area contributed by atoms with E-state index in [1.807, 2.05) is 11.8 Å². The van der Waals surface area contributed by atoms with E-state index in [2.05, 4.69) is 10.3 Å². The molecular weight excluding hydrogens is 340 g/mol. The number of halogens is 2. The third kappa shape index (κ3) is 5.41. The zero-order chi connectivity index (χ0) is 18.9. The second-order valence-corrected chi connectivity index (χ2v) is 6.22. The highest BCUT2D eigenvalue weighted by Crippen LogP contribution is 2.18. The summed E-state index contributed by atoms with van der Waals surface area (Å²) < 4.78 is 32.6. The Kier molecular flexibility index (Phi) is 7.81. The van der Waals surface area contributed by atoms with Crippen molar-refractivity contribution >= 4 is 11.9 Å². The number of ether oxygens (including phenoxy) is 1. The minimum absolute atomic E-state index is 0.0511. The number of nitrogens with zero attached hydrogens (tertiary/aromatic N) is 2. The number of likely N-dealkylation sites (tertiary alicyclic amines) is 1. The Morgan fingerprint density at radius 3 is 2.73 bits per heavy atom. The average molecular weight is 367 g/mol. The normalized spacial score (nSPS) is 17.9. The van der Waals surface area contributed by atoms with Crippen LogP contribution < -0.4 is 5.32 Å². The maximum Gasteiger partial charge on any atom is 0.310 e. The van der Waals surface area contributed by atoms with Gasteiger partial charge in [0.15, 0.2) is 5.96 Å². The number of carbonyl (C=O) groups excluding carboxylic acids is 1. The SMILES string of the molecule is CCNC(=NCCc1c(F)cccc1F)N1CCCC(C(=O)OCC)C1. The van der Waals surface area contributed by atoms with E-state index in [0.29, 0.717) is 25.7 Å². The maximum absolute atomic E-state index is 13.7. The van der Waals surface area contributed by atoms with Crippen LogP contribution in [0.2, 0.25) is 0 Å². The Morgan fingerprint density at radius 1 is 1.35 bits per heavy atom. The summed E-state index contributed by atoms with van der Waals surface area (Å²) in [4.78, 5) is 18.5. The van der Waals surface area contributed by atoms with Crippen LogP contribution in [0.3, 0.4) is 0 Å². The van der Waals surface area contributed by atoms with Gasteiger partial charge in [-0.05, 0) is 45.2 Å². The number of esters is 1. The molecule has 144 valence electrons. The van der Waals surface area contributed by atoms with Crippen molar-refractivity contribution in [2.45, 2.75) is 33.1 Å². The molecule has 1 N–H and O–H groups in total. The zero-order valence-corrected chi connectivity index (χ0v) is 15.4. The van der Waals surface area contributed by atoms with Gasteiger partial charge in [0.1, 0.15) is 11.6 Å². The van der Waals surface area contributed by atoms with Crippen LogP contribution in [0.4, 0.5) is 8.78 Å². The van der Waals surface area contributed by atoms with E-state index in [0.717, 1.165) is 19.4 Å². The van der Waals surface area contributed by atoms with Gasteiger partial charge in [-0.2, -0.15) is 0 Å². The van der Waals surface area contributed by atoms with Crippen molar-refractivity contribution in [1.82, 2.24) is 10.2 Å². The van der Waals surface area contributed by atoms with E-state index in [1.54, 1.807) is 6.92 Å². The molecule has 1 aromatic rings. The summed E-state index contributed by atoms with van der Waals surface area (Å²) >= 11 is 0. The first-order valence-corrected chi connectivity index (χ1v) is 9.19. The van der Waals surface area contributed by atoms with Gasteiger partial charge in [0.2, 0.25) is 0 Å². The fourth-order valence-corrected chi connectivity index (χ4v) is 3.09. The highest BCUT2D eigenvalue weighted by atomic mass is 19.1. The van der Waals surface area contributed by atoms with Crippen molar-refractivity contribution in [3.8, 4) is 0 Å². The molecule has 0 aliphatic carbocycles. The van der Waals surface area contributed by atoms with Crippen LogP contribution in [0.5, 0.6) is 0 Å². The standard InChI is InChI=1S/C19H27F2N3O2/c1-3-22-19(23-11-10-15-16(20)8-5-9-17(15)21)24-12-6-7-14(13-24)18(25)26-4-2/h5,8-9,14H,3-4,6-7,10-13H2,1-2H3,(H,22,23). The van der Waals surface area contributed by atoms with Crippen LogP contribution in [-0.2, 0) is 16.0 Å². The molecule has 1 fully saturated rings. The van der Waals surface area contributed by atoms with Crippen LogP contribution in [-0.4, -0.2) is 49.6 Å². The first kappa shape index (κ1) is 20.1. The third-order valence-electron chi connectivity index (χ3n) is 4.36. The van der Waals surface area contributed by atoms with Crippen molar-refractivity contribution in [3.63, 3.8) is 0 Å². The summed E-state index contributed by atoms with van der Waals surface area (Å²) in [6.45, 7) is 6.39. The van der Waals surface area contributed by atoms with E-state index in [9.17, 15) is 13.6 Å². The molecule has 0 saturated carbocycles. The second kappa shape index (κ2) is 10.1. The Balaban J connectivity index is 2.02. The molecule has 7 heteroatoms. The van der Waals surface area contributed by atoms with Crippen molar-refractivity contribution in [1.29, 1.82) is 0 Å². The molecule has 2 rings (SSSR count). The number of aliphatic imine (C=N–C) groups is 1. The van der Waals surface area contributed by atoms with Gasteiger partial charge in [-0.1, -0.05) is 6.07 Å². The van der Waals surface area contributed by atoms with Crippen molar-refractivity contribution in [3.05, 3.63) is 35.4 Å². The van der Waals surface area contributed by atoms with Gasteiger partial charge in [-0.25, -0.2) is 8.78 Å².